The van der Waals surface area contributed by atoms with Gasteiger partial charge in [0, 0.05) is 23.8 Å². The van der Waals surface area contributed by atoms with Crippen LogP contribution in [0.15, 0.2) is 128 Å². The molecule has 0 atom stereocenters. The van der Waals surface area contributed by atoms with E-state index in [9.17, 15) is 0 Å². The molecule has 3 aromatic carbocycles. The van der Waals surface area contributed by atoms with E-state index in [1.807, 2.05) is 36.7 Å². The Morgan fingerprint density at radius 3 is 1.61 bits per heavy atom. The van der Waals surface area contributed by atoms with E-state index >= 15 is 0 Å². The van der Waals surface area contributed by atoms with Crippen LogP contribution in [-0.4, -0.2) is 24.1 Å². The van der Waals surface area contributed by atoms with E-state index in [0.717, 1.165) is 55.5 Å². The van der Waals surface area contributed by atoms with Gasteiger partial charge in [-0.3, -0.25) is 9.97 Å². The van der Waals surface area contributed by atoms with Crippen LogP contribution >= 0.6 is 0 Å². The number of nitrogens with zero attached hydrogens (tertiary/aromatic N) is 5. The molecule has 5 heteroatoms. The molecular weight excluding hydrogens is 466 g/mol. The summed E-state index contributed by atoms with van der Waals surface area (Å²) in [5, 5.41) is 0. The van der Waals surface area contributed by atoms with Gasteiger partial charge in [-0.1, -0.05) is 60.7 Å². The summed E-state index contributed by atoms with van der Waals surface area (Å²) in [6, 6.07) is 40.0. The zero-order chi connectivity index (χ0) is 25.1. The summed E-state index contributed by atoms with van der Waals surface area (Å²) in [6.45, 7) is 0. The van der Waals surface area contributed by atoms with Crippen LogP contribution in [-0.2, 0) is 0 Å². The maximum Gasteiger partial charge on any atom is 0.116 e. The van der Waals surface area contributed by atoms with E-state index in [1.54, 1.807) is 0 Å². The van der Waals surface area contributed by atoms with Crippen molar-refractivity contribution in [2.24, 2.45) is 0 Å². The molecule has 0 aliphatic carbocycles. The second kappa shape index (κ2) is 8.11. The Hall–Kier alpha value is -5.29. The van der Waals surface area contributed by atoms with Crippen LogP contribution < -0.4 is 0 Å². The third-order valence-corrected chi connectivity index (χ3v) is 7.19. The van der Waals surface area contributed by atoms with Crippen molar-refractivity contribution in [1.82, 2.24) is 24.1 Å². The molecule has 38 heavy (non-hydrogen) atoms. The first-order valence-electron chi connectivity index (χ1n) is 12.6. The van der Waals surface area contributed by atoms with Crippen molar-refractivity contribution in [3.63, 3.8) is 0 Å². The minimum Gasteiger partial charge on any atom is -0.306 e. The lowest BCUT2D eigenvalue weighted by molar-refractivity contribution is 1.16. The molecule has 0 N–H and O–H groups in total. The standard InChI is InChI=1S/C33H21N5/c1-3-10-22(11-4-1)23-12-7-15-25(20-23)38-27-17-9-19-35-31(27)33-29(38)21-28-32(36-33)30-26(16-8-18-34-30)37(28)24-13-5-2-6-14-24/h1-21H. The van der Waals surface area contributed by atoms with Crippen molar-refractivity contribution < 1.29 is 0 Å². The van der Waals surface area contributed by atoms with E-state index in [-0.39, 0.29) is 0 Å². The SMILES string of the molecule is c1ccc(-c2cccc(-n3c4cccnc4c4nc5c6ncccc6n(-c6ccccc6)c5cc43)c2)cc1. The fourth-order valence-electron chi connectivity index (χ4n) is 5.55. The second-order valence-electron chi connectivity index (χ2n) is 9.39. The first-order chi connectivity index (χ1) is 18.9. The van der Waals surface area contributed by atoms with Crippen LogP contribution in [0, 0.1) is 0 Å². The molecule has 0 radical (unpaired) electrons. The molecular formula is C33H21N5. The average molecular weight is 488 g/mol. The highest BCUT2D eigenvalue weighted by molar-refractivity contribution is 6.13. The molecule has 0 saturated carbocycles. The summed E-state index contributed by atoms with van der Waals surface area (Å²) in [5.41, 5.74) is 12.1. The molecule has 0 aliphatic rings. The van der Waals surface area contributed by atoms with E-state index in [2.05, 4.69) is 100 Å². The minimum absolute atomic E-state index is 0.871. The Morgan fingerprint density at radius 2 is 0.947 bits per heavy atom. The Morgan fingerprint density at radius 1 is 0.395 bits per heavy atom. The van der Waals surface area contributed by atoms with E-state index < -0.39 is 0 Å². The van der Waals surface area contributed by atoms with Gasteiger partial charge in [-0.05, 0) is 65.7 Å². The van der Waals surface area contributed by atoms with E-state index in [4.69, 9.17) is 15.0 Å². The molecule has 0 fully saturated rings. The molecule has 0 bridgehead atoms. The van der Waals surface area contributed by atoms with Gasteiger partial charge >= 0.3 is 0 Å². The third-order valence-electron chi connectivity index (χ3n) is 7.19. The normalized spacial score (nSPS) is 11.7. The molecule has 0 amide bonds. The Labute approximate surface area is 218 Å². The highest BCUT2D eigenvalue weighted by Crippen LogP contribution is 2.36. The first kappa shape index (κ1) is 20.9. The summed E-state index contributed by atoms with van der Waals surface area (Å²) in [4.78, 5) is 14.8. The van der Waals surface area contributed by atoms with Crippen LogP contribution in [0.25, 0.3) is 66.6 Å². The number of rotatable bonds is 3. The fourth-order valence-corrected chi connectivity index (χ4v) is 5.55. The van der Waals surface area contributed by atoms with Crippen molar-refractivity contribution in [2.75, 3.05) is 0 Å². The van der Waals surface area contributed by atoms with Gasteiger partial charge in [-0.2, -0.15) is 0 Å². The third kappa shape index (κ3) is 3.02. The highest BCUT2D eigenvalue weighted by Gasteiger charge is 2.20. The van der Waals surface area contributed by atoms with Gasteiger partial charge in [0.15, 0.2) is 0 Å². The molecule has 5 nitrogen and oxygen atoms in total. The van der Waals surface area contributed by atoms with E-state index in [1.165, 1.54) is 11.1 Å². The summed E-state index contributed by atoms with van der Waals surface area (Å²) in [6.07, 6.45) is 3.67. The number of hydrogen-bond donors (Lipinski definition) is 0. The second-order valence-corrected chi connectivity index (χ2v) is 9.39. The lowest BCUT2D eigenvalue weighted by atomic mass is 10.1. The monoisotopic (exact) mass is 487 g/mol. The van der Waals surface area contributed by atoms with Crippen molar-refractivity contribution in [3.05, 3.63) is 128 Å². The molecule has 8 rings (SSSR count). The minimum atomic E-state index is 0.871. The molecule has 0 aliphatic heterocycles. The van der Waals surface area contributed by atoms with Gasteiger partial charge in [0.25, 0.3) is 0 Å². The van der Waals surface area contributed by atoms with Crippen LogP contribution in [0.3, 0.4) is 0 Å². The Balaban J connectivity index is 1.50. The largest absolute Gasteiger partial charge is 0.306 e. The van der Waals surface area contributed by atoms with Crippen molar-refractivity contribution in [2.45, 2.75) is 0 Å². The molecule has 5 heterocycles. The molecule has 8 aromatic rings. The molecule has 0 saturated heterocycles. The quantitative estimate of drug-likeness (QED) is 0.256. The van der Waals surface area contributed by atoms with Crippen molar-refractivity contribution in [3.8, 4) is 22.5 Å². The average Bonchev–Trinajstić information content (AvgIpc) is 3.49. The molecule has 178 valence electrons. The summed E-state index contributed by atoms with van der Waals surface area (Å²) >= 11 is 0. The lowest BCUT2D eigenvalue weighted by Gasteiger charge is -2.11. The van der Waals surface area contributed by atoms with Gasteiger partial charge in [0.2, 0.25) is 0 Å². The molecule has 0 unspecified atom stereocenters. The highest BCUT2D eigenvalue weighted by atomic mass is 15.1. The number of aromatic nitrogens is 5. The number of pyridine rings is 3. The topological polar surface area (TPSA) is 48.5 Å². The van der Waals surface area contributed by atoms with Gasteiger partial charge in [-0.25, -0.2) is 4.98 Å². The van der Waals surface area contributed by atoms with Gasteiger partial charge in [0.05, 0.1) is 22.1 Å². The van der Waals surface area contributed by atoms with Gasteiger partial charge < -0.3 is 9.13 Å². The van der Waals surface area contributed by atoms with Crippen LogP contribution in [0.5, 0.6) is 0 Å². The smallest absolute Gasteiger partial charge is 0.116 e. The number of para-hydroxylation sites is 1. The zero-order valence-corrected chi connectivity index (χ0v) is 20.4. The van der Waals surface area contributed by atoms with Crippen molar-refractivity contribution in [1.29, 1.82) is 0 Å². The Bertz CT molecular complexity index is 2120. The van der Waals surface area contributed by atoms with Crippen molar-refractivity contribution >= 4 is 44.1 Å². The first-order valence-corrected chi connectivity index (χ1v) is 12.6. The Kier molecular flexibility index (Phi) is 4.45. The predicted octanol–water partition coefficient (Wildman–Crippen LogP) is 7.73. The number of benzene rings is 3. The number of hydrogen-bond acceptors (Lipinski definition) is 3. The summed E-state index contributed by atoms with van der Waals surface area (Å²) in [5.74, 6) is 0. The van der Waals surface area contributed by atoms with Crippen LogP contribution in [0.1, 0.15) is 0 Å². The van der Waals surface area contributed by atoms with Crippen LogP contribution in [0.4, 0.5) is 0 Å². The fraction of sp³-hybridized carbons (Fsp3) is 0. The summed E-state index contributed by atoms with van der Waals surface area (Å²) in [7, 11) is 0. The molecule has 0 spiro atoms. The van der Waals surface area contributed by atoms with Gasteiger partial charge in [0.1, 0.15) is 22.1 Å². The van der Waals surface area contributed by atoms with Crippen LogP contribution in [0.2, 0.25) is 0 Å². The maximum absolute atomic E-state index is 5.24. The zero-order valence-electron chi connectivity index (χ0n) is 20.4. The summed E-state index contributed by atoms with van der Waals surface area (Å²) < 4.78 is 4.52. The molecule has 5 aromatic heterocycles. The maximum atomic E-state index is 5.24. The number of fused-ring (bicyclic) bond motifs is 6. The predicted molar refractivity (Wildman–Crippen MR) is 154 cm³/mol. The van der Waals surface area contributed by atoms with Gasteiger partial charge in [-0.15, -0.1) is 0 Å². The lowest BCUT2D eigenvalue weighted by Crippen LogP contribution is -1.96. The van der Waals surface area contributed by atoms with E-state index in [0.29, 0.717) is 0 Å².